The minimum Gasteiger partial charge on any atom is -0.497 e. The number of anilines is 1. The third kappa shape index (κ3) is 4.80. The minimum atomic E-state index is 0.748. The standard InChI is InChI=1S/C21H24N4O/c1-22-21-10-9-20(26-2)13-17(21)14-25(15-18-7-3-5-11-23-18)16-19-8-4-6-12-24-19/h3-13,22H,14-16H2,1-2H3. The molecule has 0 radical (unpaired) electrons. The van der Waals surface area contributed by atoms with Gasteiger partial charge in [-0.2, -0.15) is 0 Å². The Morgan fingerprint density at radius 2 is 1.54 bits per heavy atom. The predicted octanol–water partition coefficient (Wildman–Crippen LogP) is 3.73. The van der Waals surface area contributed by atoms with Crippen molar-refractivity contribution < 1.29 is 4.74 Å². The highest BCUT2D eigenvalue weighted by molar-refractivity contribution is 5.53. The zero-order valence-electron chi connectivity index (χ0n) is 15.2. The van der Waals surface area contributed by atoms with E-state index in [1.165, 1.54) is 5.56 Å². The molecule has 0 amide bonds. The third-order valence-corrected chi connectivity index (χ3v) is 4.20. The molecule has 0 aliphatic carbocycles. The number of hydrogen-bond acceptors (Lipinski definition) is 5. The molecule has 3 aromatic rings. The van der Waals surface area contributed by atoms with E-state index in [0.29, 0.717) is 0 Å². The molecule has 0 aliphatic rings. The second kappa shape index (κ2) is 8.97. The van der Waals surface area contributed by atoms with E-state index >= 15 is 0 Å². The molecular weight excluding hydrogens is 324 g/mol. The van der Waals surface area contributed by atoms with Gasteiger partial charge in [0.05, 0.1) is 18.5 Å². The number of nitrogens with one attached hydrogen (secondary N) is 1. The SMILES string of the molecule is CNc1ccc(OC)cc1CN(Cc1ccccn1)Cc1ccccn1. The van der Waals surface area contributed by atoms with Crippen molar-refractivity contribution in [2.75, 3.05) is 19.5 Å². The topological polar surface area (TPSA) is 50.3 Å². The lowest BCUT2D eigenvalue weighted by atomic mass is 10.1. The van der Waals surface area contributed by atoms with Crippen LogP contribution in [0.1, 0.15) is 17.0 Å². The lowest BCUT2D eigenvalue weighted by molar-refractivity contribution is 0.242. The van der Waals surface area contributed by atoms with Crippen LogP contribution in [0.25, 0.3) is 0 Å². The number of methoxy groups -OCH3 is 1. The molecule has 5 heteroatoms. The van der Waals surface area contributed by atoms with Crippen LogP contribution in [-0.2, 0) is 19.6 Å². The summed E-state index contributed by atoms with van der Waals surface area (Å²) >= 11 is 0. The van der Waals surface area contributed by atoms with Crippen molar-refractivity contribution in [1.29, 1.82) is 0 Å². The molecule has 2 heterocycles. The first kappa shape index (κ1) is 17.9. The van der Waals surface area contributed by atoms with Gasteiger partial charge in [0.25, 0.3) is 0 Å². The van der Waals surface area contributed by atoms with Gasteiger partial charge in [0, 0.05) is 44.8 Å². The van der Waals surface area contributed by atoms with Crippen molar-refractivity contribution in [3.05, 3.63) is 83.9 Å². The number of nitrogens with zero attached hydrogens (tertiary/aromatic N) is 3. The maximum absolute atomic E-state index is 5.40. The highest BCUT2D eigenvalue weighted by atomic mass is 16.5. The van der Waals surface area contributed by atoms with Crippen LogP contribution in [0.5, 0.6) is 5.75 Å². The molecule has 0 atom stereocenters. The molecule has 0 unspecified atom stereocenters. The van der Waals surface area contributed by atoms with E-state index in [-0.39, 0.29) is 0 Å². The molecule has 1 N–H and O–H groups in total. The molecule has 0 spiro atoms. The molecule has 0 saturated heterocycles. The highest BCUT2D eigenvalue weighted by Crippen LogP contribution is 2.24. The molecule has 26 heavy (non-hydrogen) atoms. The number of pyridine rings is 2. The fourth-order valence-corrected chi connectivity index (χ4v) is 2.92. The van der Waals surface area contributed by atoms with Gasteiger partial charge >= 0.3 is 0 Å². The van der Waals surface area contributed by atoms with E-state index in [1.54, 1.807) is 7.11 Å². The normalized spacial score (nSPS) is 10.7. The zero-order chi connectivity index (χ0) is 18.2. The molecule has 5 nitrogen and oxygen atoms in total. The van der Waals surface area contributed by atoms with Crippen LogP contribution in [0.3, 0.4) is 0 Å². The summed E-state index contributed by atoms with van der Waals surface area (Å²) in [7, 11) is 3.63. The summed E-state index contributed by atoms with van der Waals surface area (Å²) in [6.07, 6.45) is 3.66. The van der Waals surface area contributed by atoms with E-state index in [0.717, 1.165) is 42.5 Å². The van der Waals surface area contributed by atoms with E-state index in [2.05, 4.69) is 38.4 Å². The summed E-state index contributed by atoms with van der Waals surface area (Å²) in [6, 6.07) is 18.1. The molecule has 0 aliphatic heterocycles. The summed E-state index contributed by atoms with van der Waals surface area (Å²) in [4.78, 5) is 11.3. The first-order valence-electron chi connectivity index (χ1n) is 8.65. The quantitative estimate of drug-likeness (QED) is 0.672. The number of ether oxygens (including phenoxy) is 1. The van der Waals surface area contributed by atoms with Gasteiger partial charge in [-0.15, -0.1) is 0 Å². The average Bonchev–Trinajstić information content (AvgIpc) is 2.69. The van der Waals surface area contributed by atoms with E-state index in [9.17, 15) is 0 Å². The van der Waals surface area contributed by atoms with Gasteiger partial charge in [0.1, 0.15) is 5.75 Å². The maximum atomic E-state index is 5.40. The molecule has 0 bridgehead atoms. The highest BCUT2D eigenvalue weighted by Gasteiger charge is 2.13. The first-order chi connectivity index (χ1) is 12.8. The first-order valence-corrected chi connectivity index (χ1v) is 8.65. The van der Waals surface area contributed by atoms with Crippen molar-refractivity contribution in [2.45, 2.75) is 19.6 Å². The summed E-state index contributed by atoms with van der Waals surface area (Å²) in [5, 5.41) is 3.27. The van der Waals surface area contributed by atoms with Crippen LogP contribution in [-0.4, -0.2) is 29.0 Å². The second-order valence-electron chi connectivity index (χ2n) is 6.06. The Labute approximate surface area is 154 Å². The summed E-state index contributed by atoms with van der Waals surface area (Å²) in [6.45, 7) is 2.26. The van der Waals surface area contributed by atoms with Crippen LogP contribution in [0, 0.1) is 0 Å². The maximum Gasteiger partial charge on any atom is 0.119 e. The van der Waals surface area contributed by atoms with Crippen molar-refractivity contribution in [3.8, 4) is 5.75 Å². The Kier molecular flexibility index (Phi) is 6.17. The van der Waals surface area contributed by atoms with Gasteiger partial charge in [-0.05, 0) is 48.0 Å². The monoisotopic (exact) mass is 348 g/mol. The van der Waals surface area contributed by atoms with Crippen molar-refractivity contribution in [3.63, 3.8) is 0 Å². The summed E-state index contributed by atoms with van der Waals surface area (Å²) in [5.74, 6) is 0.856. The summed E-state index contributed by atoms with van der Waals surface area (Å²) < 4.78 is 5.40. The van der Waals surface area contributed by atoms with Crippen LogP contribution < -0.4 is 10.1 Å². The molecule has 1 aromatic carbocycles. The van der Waals surface area contributed by atoms with Crippen LogP contribution in [0.2, 0.25) is 0 Å². The van der Waals surface area contributed by atoms with Crippen molar-refractivity contribution in [1.82, 2.24) is 14.9 Å². The van der Waals surface area contributed by atoms with Crippen LogP contribution >= 0.6 is 0 Å². The number of benzene rings is 1. The van der Waals surface area contributed by atoms with Gasteiger partial charge < -0.3 is 10.1 Å². The fraction of sp³-hybridized carbons (Fsp3) is 0.238. The van der Waals surface area contributed by atoms with Gasteiger partial charge in [0.2, 0.25) is 0 Å². The van der Waals surface area contributed by atoms with Gasteiger partial charge in [-0.1, -0.05) is 12.1 Å². The predicted molar refractivity (Wildman–Crippen MR) is 104 cm³/mol. The van der Waals surface area contributed by atoms with Gasteiger partial charge in [-0.25, -0.2) is 0 Å². The Bertz CT molecular complexity index is 767. The number of rotatable bonds is 8. The molecular formula is C21H24N4O. The third-order valence-electron chi connectivity index (χ3n) is 4.20. The Morgan fingerprint density at radius 3 is 2.04 bits per heavy atom. The molecule has 134 valence electrons. The van der Waals surface area contributed by atoms with Crippen LogP contribution in [0.4, 0.5) is 5.69 Å². The van der Waals surface area contributed by atoms with Crippen LogP contribution in [0.15, 0.2) is 67.0 Å². The molecule has 0 fully saturated rings. The average molecular weight is 348 g/mol. The van der Waals surface area contributed by atoms with Gasteiger partial charge in [-0.3, -0.25) is 14.9 Å². The fourth-order valence-electron chi connectivity index (χ4n) is 2.92. The lowest BCUT2D eigenvalue weighted by Crippen LogP contribution is -2.24. The van der Waals surface area contributed by atoms with E-state index in [4.69, 9.17) is 4.74 Å². The largest absolute Gasteiger partial charge is 0.497 e. The Balaban J connectivity index is 1.85. The van der Waals surface area contributed by atoms with Gasteiger partial charge in [0.15, 0.2) is 0 Å². The Hall–Kier alpha value is -2.92. The molecule has 0 saturated carbocycles. The van der Waals surface area contributed by atoms with E-state index < -0.39 is 0 Å². The number of aromatic nitrogens is 2. The zero-order valence-corrected chi connectivity index (χ0v) is 15.2. The minimum absolute atomic E-state index is 0.748. The molecule has 2 aromatic heterocycles. The van der Waals surface area contributed by atoms with Crippen molar-refractivity contribution >= 4 is 5.69 Å². The second-order valence-corrected chi connectivity index (χ2v) is 6.06. The molecule has 3 rings (SSSR count). The smallest absolute Gasteiger partial charge is 0.119 e. The van der Waals surface area contributed by atoms with Crippen molar-refractivity contribution in [2.24, 2.45) is 0 Å². The van der Waals surface area contributed by atoms with E-state index in [1.807, 2.05) is 55.8 Å². The summed E-state index contributed by atoms with van der Waals surface area (Å²) in [5.41, 5.74) is 4.35. The number of hydrogen-bond donors (Lipinski definition) is 1. The Morgan fingerprint density at radius 1 is 0.885 bits per heavy atom. The lowest BCUT2D eigenvalue weighted by Gasteiger charge is -2.23.